The van der Waals surface area contributed by atoms with Crippen molar-refractivity contribution in [2.24, 2.45) is 5.73 Å². The molecule has 3 atom stereocenters. The zero-order valence-corrected chi connectivity index (χ0v) is 8.14. The van der Waals surface area contributed by atoms with Crippen LogP contribution in [0.1, 0.15) is 6.42 Å². The highest BCUT2D eigenvalue weighted by Gasteiger charge is 2.28. The predicted octanol–water partition coefficient (Wildman–Crippen LogP) is -3.33. The molecule has 0 bridgehead atoms. The molecule has 0 aliphatic carbocycles. The predicted molar refractivity (Wildman–Crippen MR) is 50.6 cm³/mol. The van der Waals surface area contributed by atoms with Crippen molar-refractivity contribution in [3.05, 3.63) is 0 Å². The van der Waals surface area contributed by atoms with Gasteiger partial charge in [0.05, 0.1) is 18.7 Å². The topological polar surface area (TPSA) is 125 Å². The third kappa shape index (κ3) is 3.46. The fraction of sp³-hybridized carbons (Fsp3) is 0.750. The van der Waals surface area contributed by atoms with Crippen molar-refractivity contribution >= 4 is 11.8 Å². The second-order valence-corrected chi connectivity index (χ2v) is 3.51. The minimum atomic E-state index is -1.37. The van der Waals surface area contributed by atoms with Crippen molar-refractivity contribution in [1.82, 2.24) is 10.6 Å². The van der Waals surface area contributed by atoms with E-state index >= 15 is 0 Å². The minimum absolute atomic E-state index is 0.206. The number of hydrogen-bond donors (Lipinski definition) is 5. The summed E-state index contributed by atoms with van der Waals surface area (Å²) in [5.74, 6) is -1.23. The number of primary amides is 1. The Balaban J connectivity index is 2.27. The molecule has 7 nitrogen and oxygen atoms in total. The molecule has 0 aromatic heterocycles. The maximum atomic E-state index is 11.4. The smallest absolute Gasteiger partial charge is 0.248 e. The maximum Gasteiger partial charge on any atom is 0.248 e. The van der Waals surface area contributed by atoms with E-state index in [1.54, 1.807) is 0 Å². The minimum Gasteiger partial charge on any atom is -0.392 e. The normalized spacial score (nSPS) is 27.3. The summed E-state index contributed by atoms with van der Waals surface area (Å²) in [4.78, 5) is 21.8. The van der Waals surface area contributed by atoms with Gasteiger partial charge in [0.25, 0.3) is 0 Å². The van der Waals surface area contributed by atoms with Crippen LogP contribution in [0.4, 0.5) is 0 Å². The number of aliphatic hydroxyl groups excluding tert-OH is 2. The summed E-state index contributed by atoms with van der Waals surface area (Å²) in [5.41, 5.74) is 4.80. The number of carbonyl (C=O) groups excluding carboxylic acids is 2. The summed E-state index contributed by atoms with van der Waals surface area (Å²) in [6, 6.07) is -0.472. The molecule has 1 aliphatic rings. The molecule has 1 aliphatic heterocycles. The van der Waals surface area contributed by atoms with E-state index in [2.05, 4.69) is 10.6 Å². The van der Waals surface area contributed by atoms with E-state index in [-0.39, 0.29) is 12.5 Å². The third-order valence-electron chi connectivity index (χ3n) is 2.22. The summed E-state index contributed by atoms with van der Waals surface area (Å²) in [5, 5.41) is 23.3. The summed E-state index contributed by atoms with van der Waals surface area (Å²) < 4.78 is 0. The monoisotopic (exact) mass is 217 g/mol. The highest BCUT2D eigenvalue weighted by molar-refractivity contribution is 5.84. The molecule has 7 heteroatoms. The van der Waals surface area contributed by atoms with Crippen LogP contribution in [0.3, 0.4) is 0 Å². The van der Waals surface area contributed by atoms with Gasteiger partial charge in [0.15, 0.2) is 0 Å². The summed E-state index contributed by atoms with van der Waals surface area (Å²) in [7, 11) is 0. The Kier molecular flexibility index (Phi) is 4.01. The van der Waals surface area contributed by atoms with Crippen LogP contribution in [-0.2, 0) is 9.59 Å². The number of rotatable bonds is 4. The molecule has 15 heavy (non-hydrogen) atoms. The molecule has 0 aromatic rings. The first-order chi connectivity index (χ1) is 7.00. The molecule has 0 saturated carbocycles. The molecule has 1 heterocycles. The zero-order valence-electron chi connectivity index (χ0n) is 8.14. The van der Waals surface area contributed by atoms with Crippen molar-refractivity contribution in [2.45, 2.75) is 24.7 Å². The van der Waals surface area contributed by atoms with Gasteiger partial charge < -0.3 is 26.6 Å². The second-order valence-electron chi connectivity index (χ2n) is 3.51. The Hall–Kier alpha value is -1.18. The average Bonchev–Trinajstić information content (AvgIpc) is 2.60. The molecule has 86 valence electrons. The number of amides is 2. The van der Waals surface area contributed by atoms with E-state index < -0.39 is 24.2 Å². The summed E-state index contributed by atoms with van der Waals surface area (Å²) in [6.45, 7) is 0.166. The van der Waals surface area contributed by atoms with Crippen molar-refractivity contribution in [2.75, 3.05) is 13.1 Å². The summed E-state index contributed by atoms with van der Waals surface area (Å²) in [6.07, 6.45) is -1.57. The average molecular weight is 217 g/mol. The van der Waals surface area contributed by atoms with Crippen LogP contribution >= 0.6 is 0 Å². The molecule has 1 rings (SSSR count). The van der Waals surface area contributed by atoms with Gasteiger partial charge in [-0.05, 0) is 6.42 Å². The van der Waals surface area contributed by atoms with E-state index in [1.165, 1.54) is 0 Å². The van der Waals surface area contributed by atoms with Crippen LogP contribution in [0.25, 0.3) is 0 Å². The highest BCUT2D eigenvalue weighted by Crippen LogP contribution is 2.05. The molecule has 6 N–H and O–H groups in total. The standard InChI is InChI=1S/C8H15N3O4/c9-7(14)6(13)3-11-8(15)5-1-4(12)2-10-5/h4-6,10,12-13H,1-3H2,(H2,9,14)(H,11,15). The lowest BCUT2D eigenvalue weighted by atomic mass is 10.2. The lowest BCUT2D eigenvalue weighted by Crippen LogP contribution is -2.46. The highest BCUT2D eigenvalue weighted by atomic mass is 16.3. The van der Waals surface area contributed by atoms with Crippen LogP contribution in [0.15, 0.2) is 0 Å². The maximum absolute atomic E-state index is 11.4. The first kappa shape index (κ1) is 11.9. The zero-order chi connectivity index (χ0) is 11.4. The lowest BCUT2D eigenvalue weighted by Gasteiger charge is -2.12. The van der Waals surface area contributed by atoms with Crippen molar-refractivity contribution < 1.29 is 19.8 Å². The fourth-order valence-corrected chi connectivity index (χ4v) is 1.34. The molecule has 1 fully saturated rings. The van der Waals surface area contributed by atoms with E-state index in [9.17, 15) is 9.59 Å². The SMILES string of the molecule is NC(=O)C(O)CNC(=O)C1CC(O)CN1. The molecule has 2 amide bonds. The van der Waals surface area contributed by atoms with Gasteiger partial charge in [0.1, 0.15) is 6.10 Å². The van der Waals surface area contributed by atoms with Crippen molar-refractivity contribution in [1.29, 1.82) is 0 Å². The van der Waals surface area contributed by atoms with Gasteiger partial charge in [-0.2, -0.15) is 0 Å². The Morgan fingerprint density at radius 2 is 2.27 bits per heavy atom. The van der Waals surface area contributed by atoms with Gasteiger partial charge in [-0.3, -0.25) is 9.59 Å². The van der Waals surface area contributed by atoms with E-state index in [1.807, 2.05) is 0 Å². The number of nitrogens with two attached hydrogens (primary N) is 1. The second kappa shape index (κ2) is 5.06. The molecule has 0 spiro atoms. The van der Waals surface area contributed by atoms with E-state index in [4.69, 9.17) is 15.9 Å². The quantitative estimate of drug-likeness (QED) is 0.337. The fourth-order valence-electron chi connectivity index (χ4n) is 1.34. The molecule has 3 unspecified atom stereocenters. The van der Waals surface area contributed by atoms with Gasteiger partial charge in [-0.25, -0.2) is 0 Å². The number of carbonyl (C=O) groups is 2. The van der Waals surface area contributed by atoms with Gasteiger partial charge in [0, 0.05) is 6.54 Å². The van der Waals surface area contributed by atoms with Crippen LogP contribution < -0.4 is 16.4 Å². The first-order valence-corrected chi connectivity index (χ1v) is 4.67. The number of hydrogen-bond acceptors (Lipinski definition) is 5. The van der Waals surface area contributed by atoms with Gasteiger partial charge >= 0.3 is 0 Å². The van der Waals surface area contributed by atoms with Crippen molar-refractivity contribution in [3.8, 4) is 0 Å². The van der Waals surface area contributed by atoms with Crippen LogP contribution in [0.2, 0.25) is 0 Å². The van der Waals surface area contributed by atoms with Crippen LogP contribution in [-0.4, -0.2) is 53.4 Å². The largest absolute Gasteiger partial charge is 0.392 e. The molecule has 0 aromatic carbocycles. The van der Waals surface area contributed by atoms with Gasteiger partial charge in [0.2, 0.25) is 11.8 Å². The molecule has 0 radical (unpaired) electrons. The Morgan fingerprint density at radius 1 is 1.60 bits per heavy atom. The van der Waals surface area contributed by atoms with Crippen LogP contribution in [0.5, 0.6) is 0 Å². The van der Waals surface area contributed by atoms with Crippen LogP contribution in [0, 0.1) is 0 Å². The molecular weight excluding hydrogens is 202 g/mol. The molecule has 1 saturated heterocycles. The Bertz CT molecular complexity index is 258. The molecular formula is C8H15N3O4. The van der Waals surface area contributed by atoms with Gasteiger partial charge in [-0.15, -0.1) is 0 Å². The number of nitrogens with one attached hydrogen (secondary N) is 2. The Morgan fingerprint density at radius 3 is 2.73 bits per heavy atom. The number of aliphatic hydroxyl groups is 2. The Labute approximate surface area is 86.6 Å². The summed E-state index contributed by atoms with van der Waals surface area (Å²) >= 11 is 0. The lowest BCUT2D eigenvalue weighted by molar-refractivity contribution is -0.127. The number of β-amino-alcohol motifs (C(OH)–C–C–N with tert-alkyl or cyclic N) is 1. The third-order valence-corrected chi connectivity index (χ3v) is 2.22. The van der Waals surface area contributed by atoms with E-state index in [0.29, 0.717) is 13.0 Å². The van der Waals surface area contributed by atoms with Crippen molar-refractivity contribution in [3.63, 3.8) is 0 Å². The van der Waals surface area contributed by atoms with E-state index in [0.717, 1.165) is 0 Å². The van der Waals surface area contributed by atoms with Gasteiger partial charge in [-0.1, -0.05) is 0 Å². The first-order valence-electron chi connectivity index (χ1n) is 4.67.